The van der Waals surface area contributed by atoms with E-state index >= 15 is 0 Å². The number of carboxylic acid groups (broad SMARTS) is 1. The first-order chi connectivity index (χ1) is 17.8. The van der Waals surface area contributed by atoms with Crippen molar-refractivity contribution in [1.29, 1.82) is 0 Å². The number of hydrogen-bond donors (Lipinski definition) is 1. The number of pyridine rings is 1. The van der Waals surface area contributed by atoms with Crippen molar-refractivity contribution in [3.63, 3.8) is 0 Å². The second kappa shape index (κ2) is 11.2. The van der Waals surface area contributed by atoms with Crippen molar-refractivity contribution in [1.82, 2.24) is 24.4 Å². The second-order valence-corrected chi connectivity index (χ2v) is 18.2. The highest BCUT2D eigenvalue weighted by molar-refractivity contribution is 6.76. The molecular formula is C27H38ClN5O4Si. The van der Waals surface area contributed by atoms with Crippen LogP contribution in [-0.2, 0) is 11.5 Å². The van der Waals surface area contributed by atoms with Crippen LogP contribution in [-0.4, -0.2) is 68.5 Å². The number of halogens is 1. The molecule has 0 saturated heterocycles. The first kappa shape index (κ1) is 28.3. The molecule has 11 heteroatoms. The zero-order chi connectivity index (χ0) is 27.7. The largest absolute Gasteiger partial charge is 0.474 e. The lowest BCUT2D eigenvalue weighted by Crippen LogP contribution is -2.50. The van der Waals surface area contributed by atoms with Crippen LogP contribution < -0.4 is 4.74 Å². The molecule has 1 aliphatic carbocycles. The predicted molar refractivity (Wildman–Crippen MR) is 151 cm³/mol. The van der Waals surface area contributed by atoms with E-state index in [1.54, 1.807) is 12.4 Å². The Morgan fingerprint density at radius 1 is 1.26 bits per heavy atom. The lowest BCUT2D eigenvalue weighted by Gasteiger charge is -2.41. The summed E-state index contributed by atoms with van der Waals surface area (Å²) in [5, 5.41) is 10.5. The van der Waals surface area contributed by atoms with Crippen LogP contribution in [0.1, 0.15) is 33.6 Å². The fourth-order valence-electron chi connectivity index (χ4n) is 4.57. The summed E-state index contributed by atoms with van der Waals surface area (Å²) in [5.74, 6) is 0.652. The van der Waals surface area contributed by atoms with Gasteiger partial charge in [0.25, 0.3) is 0 Å². The Kier molecular flexibility index (Phi) is 8.34. The van der Waals surface area contributed by atoms with Crippen molar-refractivity contribution < 1.29 is 19.4 Å². The molecule has 1 N–H and O–H groups in total. The Morgan fingerprint density at radius 2 is 2.00 bits per heavy atom. The number of aromatic nitrogens is 4. The summed E-state index contributed by atoms with van der Waals surface area (Å²) in [5.41, 5.74) is 2.01. The molecule has 1 saturated carbocycles. The molecule has 0 aromatic carbocycles. The molecule has 1 aliphatic rings. The Bertz CT molecular complexity index is 1270. The van der Waals surface area contributed by atoms with E-state index in [0.29, 0.717) is 31.4 Å². The SMILES string of the molecule is CC(C)(C)N(CC1CC(Oc2nc(Cl)nc3c2c(-c2cccnc2)cn3COCC[Si](C)(C)C)C1)C(=O)O. The molecule has 3 aromatic heterocycles. The molecule has 0 radical (unpaired) electrons. The number of amides is 1. The van der Waals surface area contributed by atoms with Gasteiger partial charge in [0, 0.05) is 56.5 Å². The highest BCUT2D eigenvalue weighted by Crippen LogP contribution is 2.39. The lowest BCUT2D eigenvalue weighted by atomic mass is 9.81. The van der Waals surface area contributed by atoms with Gasteiger partial charge >= 0.3 is 6.09 Å². The maximum atomic E-state index is 11.7. The number of hydrogen-bond acceptors (Lipinski definition) is 6. The molecule has 1 amide bonds. The minimum Gasteiger partial charge on any atom is -0.474 e. The monoisotopic (exact) mass is 559 g/mol. The van der Waals surface area contributed by atoms with Crippen LogP contribution in [0.2, 0.25) is 31.0 Å². The summed E-state index contributed by atoms with van der Waals surface area (Å²) in [4.78, 5) is 26.5. The molecule has 38 heavy (non-hydrogen) atoms. The number of nitrogens with zero attached hydrogens (tertiary/aromatic N) is 5. The molecule has 206 valence electrons. The molecule has 4 rings (SSSR count). The Labute approximate surface area is 230 Å². The molecule has 0 spiro atoms. The van der Waals surface area contributed by atoms with E-state index in [1.165, 1.54) is 4.90 Å². The first-order valence-electron chi connectivity index (χ1n) is 13.0. The normalized spacial score (nSPS) is 17.9. The van der Waals surface area contributed by atoms with Gasteiger partial charge in [0.1, 0.15) is 12.8 Å². The quantitative estimate of drug-likeness (QED) is 0.174. The highest BCUT2D eigenvalue weighted by Gasteiger charge is 2.37. The highest BCUT2D eigenvalue weighted by atomic mass is 35.5. The van der Waals surface area contributed by atoms with Gasteiger partial charge in [-0.3, -0.25) is 4.98 Å². The molecule has 1 fully saturated rings. The van der Waals surface area contributed by atoms with Crippen LogP contribution in [0.5, 0.6) is 5.88 Å². The summed E-state index contributed by atoms with van der Waals surface area (Å²) >= 11 is 6.36. The van der Waals surface area contributed by atoms with Crippen molar-refractivity contribution >= 4 is 36.8 Å². The van der Waals surface area contributed by atoms with Crippen LogP contribution in [0.3, 0.4) is 0 Å². The Balaban J connectivity index is 1.57. The summed E-state index contributed by atoms with van der Waals surface area (Å²) in [6.07, 6.45) is 6.03. The van der Waals surface area contributed by atoms with E-state index in [1.807, 2.05) is 43.7 Å². The molecule has 9 nitrogen and oxygen atoms in total. The topological polar surface area (TPSA) is 103 Å². The van der Waals surface area contributed by atoms with Gasteiger partial charge in [-0.05, 0) is 63.2 Å². The van der Waals surface area contributed by atoms with E-state index in [-0.39, 0.29) is 17.3 Å². The third kappa shape index (κ3) is 6.84. The van der Waals surface area contributed by atoms with Crippen LogP contribution in [0.25, 0.3) is 22.2 Å². The van der Waals surface area contributed by atoms with Crippen molar-refractivity contribution in [3.05, 3.63) is 36.0 Å². The molecule has 0 unspecified atom stereocenters. The van der Waals surface area contributed by atoms with Gasteiger partial charge in [-0.2, -0.15) is 9.97 Å². The van der Waals surface area contributed by atoms with Crippen LogP contribution >= 0.6 is 11.6 Å². The first-order valence-corrected chi connectivity index (χ1v) is 17.1. The number of rotatable bonds is 10. The molecule has 0 bridgehead atoms. The average molecular weight is 560 g/mol. The van der Waals surface area contributed by atoms with Crippen LogP contribution in [0.4, 0.5) is 4.79 Å². The molecular weight excluding hydrogens is 522 g/mol. The minimum atomic E-state index is -1.21. The summed E-state index contributed by atoms with van der Waals surface area (Å²) in [6.45, 7) is 14.2. The zero-order valence-electron chi connectivity index (χ0n) is 23.1. The van der Waals surface area contributed by atoms with Crippen molar-refractivity contribution in [2.75, 3.05) is 13.2 Å². The maximum absolute atomic E-state index is 11.7. The summed E-state index contributed by atoms with van der Waals surface area (Å²) in [7, 11) is -1.21. The predicted octanol–water partition coefficient (Wildman–Crippen LogP) is 6.39. The molecule has 3 aromatic rings. The lowest BCUT2D eigenvalue weighted by molar-refractivity contribution is 0.0219. The molecule has 0 aliphatic heterocycles. The maximum Gasteiger partial charge on any atom is 0.407 e. The fourth-order valence-corrected chi connectivity index (χ4v) is 5.48. The van der Waals surface area contributed by atoms with E-state index < -0.39 is 19.7 Å². The smallest absolute Gasteiger partial charge is 0.407 e. The van der Waals surface area contributed by atoms with E-state index in [2.05, 4.69) is 34.6 Å². The van der Waals surface area contributed by atoms with Gasteiger partial charge in [0.15, 0.2) is 5.65 Å². The minimum absolute atomic E-state index is 0.0807. The Morgan fingerprint density at radius 3 is 2.61 bits per heavy atom. The van der Waals surface area contributed by atoms with Gasteiger partial charge in [0.2, 0.25) is 11.2 Å². The van der Waals surface area contributed by atoms with Gasteiger partial charge < -0.3 is 24.0 Å². The molecule has 0 atom stereocenters. The van der Waals surface area contributed by atoms with Gasteiger partial charge in [0.05, 0.1) is 5.39 Å². The van der Waals surface area contributed by atoms with Crippen molar-refractivity contribution in [2.45, 2.75) is 77.7 Å². The van der Waals surface area contributed by atoms with Gasteiger partial charge in [-0.15, -0.1) is 0 Å². The van der Waals surface area contributed by atoms with E-state index in [4.69, 9.17) is 21.1 Å². The standard InChI is InChI=1S/C27H38ClN5O4Si/c1-27(2,3)33(26(34)35)15-18-12-20(13-18)37-24-22-21(19-8-7-9-29-14-19)16-32(23(22)30-25(28)31-24)17-36-10-11-38(4,5)6/h7-9,14,16,18,20H,10-13,15,17H2,1-6H3,(H,34,35). The van der Waals surface area contributed by atoms with Gasteiger partial charge in [-0.1, -0.05) is 25.7 Å². The third-order valence-corrected chi connectivity index (χ3v) is 8.68. The number of carbonyl (C=O) groups is 1. The zero-order valence-corrected chi connectivity index (χ0v) is 24.8. The fraction of sp³-hybridized carbons (Fsp3) is 0.556. The van der Waals surface area contributed by atoms with E-state index in [0.717, 1.165) is 35.4 Å². The Hall–Kier alpha value is -2.69. The van der Waals surface area contributed by atoms with Crippen LogP contribution in [0.15, 0.2) is 30.7 Å². The molecule has 3 heterocycles. The number of fused-ring (bicyclic) bond motifs is 1. The van der Waals surface area contributed by atoms with Crippen LogP contribution in [0, 0.1) is 5.92 Å². The van der Waals surface area contributed by atoms with Crippen molar-refractivity contribution in [2.24, 2.45) is 5.92 Å². The van der Waals surface area contributed by atoms with Gasteiger partial charge in [-0.25, -0.2) is 4.79 Å². The van der Waals surface area contributed by atoms with Crippen molar-refractivity contribution in [3.8, 4) is 17.0 Å². The third-order valence-electron chi connectivity index (χ3n) is 6.81. The summed E-state index contributed by atoms with van der Waals surface area (Å²) < 4.78 is 14.4. The second-order valence-electron chi connectivity index (χ2n) is 12.2. The summed E-state index contributed by atoms with van der Waals surface area (Å²) in [6, 6.07) is 4.95. The number of ether oxygens (including phenoxy) is 2. The van der Waals surface area contributed by atoms with E-state index in [9.17, 15) is 9.90 Å². The average Bonchev–Trinajstić information content (AvgIpc) is 3.15.